The number of thiazole rings is 1. The number of hydrogen-bond donors (Lipinski definition) is 0. The van der Waals surface area contributed by atoms with Crippen LogP contribution in [-0.2, 0) is 5.41 Å². The maximum absolute atomic E-state index is 9.14. The highest BCUT2D eigenvalue weighted by molar-refractivity contribution is 7.16. The van der Waals surface area contributed by atoms with Gasteiger partial charge in [-0.1, -0.05) is 32.1 Å². The van der Waals surface area contributed by atoms with Crippen molar-refractivity contribution in [2.75, 3.05) is 18.0 Å². The summed E-state index contributed by atoms with van der Waals surface area (Å²) in [6.07, 6.45) is 2.48. The van der Waals surface area contributed by atoms with Crippen molar-refractivity contribution < 1.29 is 0 Å². The zero-order valence-electron chi connectivity index (χ0n) is 10.1. The second-order valence-corrected chi connectivity index (χ2v) is 6.21. The monoisotopic (exact) mass is 235 g/mol. The van der Waals surface area contributed by atoms with Crippen molar-refractivity contribution in [3.8, 4) is 6.07 Å². The first-order valence-electron chi connectivity index (χ1n) is 5.69. The Morgan fingerprint density at radius 2 is 1.94 bits per heavy atom. The number of hydrogen-bond acceptors (Lipinski definition) is 4. The van der Waals surface area contributed by atoms with Gasteiger partial charge in [0.25, 0.3) is 0 Å². The molecule has 0 aromatic carbocycles. The number of nitriles is 1. The Kier molecular flexibility index (Phi) is 2.90. The fourth-order valence-electron chi connectivity index (χ4n) is 1.94. The quantitative estimate of drug-likeness (QED) is 0.751. The zero-order chi connectivity index (χ0) is 11.8. The van der Waals surface area contributed by atoms with E-state index in [1.807, 2.05) is 0 Å². The Labute approximate surface area is 101 Å². The molecule has 2 rings (SSSR count). The van der Waals surface area contributed by atoms with Gasteiger partial charge in [-0.05, 0) is 12.8 Å². The maximum atomic E-state index is 9.14. The topological polar surface area (TPSA) is 39.9 Å². The molecule has 1 aliphatic rings. The SMILES string of the molecule is CC(C)(C)c1nc(N2CCCC2)sc1C#N. The van der Waals surface area contributed by atoms with Crippen LogP contribution in [0.3, 0.4) is 0 Å². The molecule has 0 radical (unpaired) electrons. The zero-order valence-corrected chi connectivity index (χ0v) is 10.9. The molecule has 16 heavy (non-hydrogen) atoms. The van der Waals surface area contributed by atoms with E-state index in [1.54, 1.807) is 0 Å². The lowest BCUT2D eigenvalue weighted by Gasteiger charge is -2.16. The van der Waals surface area contributed by atoms with Crippen molar-refractivity contribution in [1.82, 2.24) is 4.98 Å². The second kappa shape index (κ2) is 4.06. The van der Waals surface area contributed by atoms with Crippen LogP contribution in [0.1, 0.15) is 44.2 Å². The fraction of sp³-hybridized carbons (Fsp3) is 0.667. The molecule has 1 fully saturated rings. The van der Waals surface area contributed by atoms with Gasteiger partial charge in [-0.25, -0.2) is 4.98 Å². The van der Waals surface area contributed by atoms with Crippen molar-refractivity contribution in [1.29, 1.82) is 5.26 Å². The lowest BCUT2D eigenvalue weighted by Crippen LogP contribution is -2.18. The third-order valence-corrected chi connectivity index (χ3v) is 3.83. The number of aromatic nitrogens is 1. The largest absolute Gasteiger partial charge is 0.348 e. The number of anilines is 1. The normalized spacial score (nSPS) is 16.5. The molecule has 0 amide bonds. The molecule has 1 aliphatic heterocycles. The van der Waals surface area contributed by atoms with E-state index in [1.165, 1.54) is 24.2 Å². The molecule has 4 heteroatoms. The minimum atomic E-state index is -0.0421. The van der Waals surface area contributed by atoms with Crippen molar-refractivity contribution >= 4 is 16.5 Å². The summed E-state index contributed by atoms with van der Waals surface area (Å²) in [5, 5.41) is 10.2. The van der Waals surface area contributed by atoms with Gasteiger partial charge in [0.15, 0.2) is 5.13 Å². The molecule has 0 atom stereocenters. The van der Waals surface area contributed by atoms with Crippen LogP contribution >= 0.6 is 11.3 Å². The summed E-state index contributed by atoms with van der Waals surface area (Å²) in [4.78, 5) is 7.72. The van der Waals surface area contributed by atoms with Crippen molar-refractivity contribution in [3.63, 3.8) is 0 Å². The van der Waals surface area contributed by atoms with E-state index >= 15 is 0 Å². The molecule has 2 heterocycles. The van der Waals surface area contributed by atoms with Crippen LogP contribution in [-0.4, -0.2) is 18.1 Å². The third kappa shape index (κ3) is 2.05. The Morgan fingerprint density at radius 3 is 2.38 bits per heavy atom. The minimum absolute atomic E-state index is 0.0421. The van der Waals surface area contributed by atoms with Crippen LogP contribution in [0.25, 0.3) is 0 Å². The summed E-state index contributed by atoms with van der Waals surface area (Å²) in [5.74, 6) is 0. The standard InChI is InChI=1S/C12H17N3S/c1-12(2,3)10-9(8-13)16-11(14-10)15-6-4-5-7-15/h4-7H2,1-3H3. The van der Waals surface area contributed by atoms with E-state index in [2.05, 4.69) is 36.7 Å². The van der Waals surface area contributed by atoms with Gasteiger partial charge < -0.3 is 4.90 Å². The fourth-order valence-corrected chi connectivity index (χ4v) is 3.06. The van der Waals surface area contributed by atoms with Gasteiger partial charge in [-0.15, -0.1) is 0 Å². The van der Waals surface area contributed by atoms with Crippen LogP contribution in [0.5, 0.6) is 0 Å². The summed E-state index contributed by atoms with van der Waals surface area (Å²) < 4.78 is 0. The lowest BCUT2D eigenvalue weighted by atomic mass is 9.91. The van der Waals surface area contributed by atoms with Crippen molar-refractivity contribution in [2.45, 2.75) is 39.0 Å². The molecule has 0 unspecified atom stereocenters. The molecule has 0 bridgehead atoms. The highest BCUT2D eigenvalue weighted by Crippen LogP contribution is 2.34. The van der Waals surface area contributed by atoms with E-state index < -0.39 is 0 Å². The molecule has 3 nitrogen and oxygen atoms in total. The highest BCUT2D eigenvalue weighted by Gasteiger charge is 2.25. The predicted molar refractivity (Wildman–Crippen MR) is 67.0 cm³/mol. The summed E-state index contributed by atoms with van der Waals surface area (Å²) in [6.45, 7) is 8.49. The van der Waals surface area contributed by atoms with Crippen molar-refractivity contribution in [3.05, 3.63) is 10.6 Å². The van der Waals surface area contributed by atoms with Crippen LogP contribution in [0, 0.1) is 11.3 Å². The molecule has 0 N–H and O–H groups in total. The van der Waals surface area contributed by atoms with Gasteiger partial charge in [-0.2, -0.15) is 5.26 Å². The highest BCUT2D eigenvalue weighted by atomic mass is 32.1. The van der Waals surface area contributed by atoms with Crippen molar-refractivity contribution in [2.24, 2.45) is 0 Å². The molecule has 0 spiro atoms. The third-order valence-electron chi connectivity index (χ3n) is 2.80. The van der Waals surface area contributed by atoms with Gasteiger partial charge >= 0.3 is 0 Å². The molecule has 1 saturated heterocycles. The van der Waals surface area contributed by atoms with Gasteiger partial charge in [0.05, 0.1) is 5.69 Å². The number of nitrogens with zero attached hydrogens (tertiary/aromatic N) is 3. The molecule has 86 valence electrons. The van der Waals surface area contributed by atoms with Gasteiger partial charge in [-0.3, -0.25) is 0 Å². The maximum Gasteiger partial charge on any atom is 0.186 e. The van der Waals surface area contributed by atoms with E-state index in [9.17, 15) is 0 Å². The van der Waals surface area contributed by atoms with E-state index in [0.717, 1.165) is 28.8 Å². The van der Waals surface area contributed by atoms with Gasteiger partial charge in [0.2, 0.25) is 0 Å². The summed E-state index contributed by atoms with van der Waals surface area (Å²) in [7, 11) is 0. The molecule has 1 aromatic heterocycles. The average Bonchev–Trinajstić information content (AvgIpc) is 2.85. The predicted octanol–water partition coefficient (Wildman–Crippen LogP) is 2.91. The first-order valence-corrected chi connectivity index (χ1v) is 6.50. The van der Waals surface area contributed by atoms with Crippen LogP contribution in [0.15, 0.2) is 0 Å². The summed E-state index contributed by atoms with van der Waals surface area (Å²) >= 11 is 1.54. The Morgan fingerprint density at radius 1 is 1.31 bits per heavy atom. The van der Waals surface area contributed by atoms with E-state index in [4.69, 9.17) is 5.26 Å². The summed E-state index contributed by atoms with van der Waals surface area (Å²) in [6, 6.07) is 2.28. The minimum Gasteiger partial charge on any atom is -0.348 e. The van der Waals surface area contributed by atoms with Crippen LogP contribution in [0.4, 0.5) is 5.13 Å². The molecular formula is C12H17N3S. The van der Waals surface area contributed by atoms with Crippen LogP contribution < -0.4 is 4.90 Å². The van der Waals surface area contributed by atoms with E-state index in [-0.39, 0.29) is 5.41 Å². The first-order chi connectivity index (χ1) is 7.52. The second-order valence-electron chi connectivity index (χ2n) is 5.23. The Balaban J connectivity index is 2.36. The Hall–Kier alpha value is -1.08. The average molecular weight is 235 g/mol. The number of rotatable bonds is 1. The molecule has 0 aliphatic carbocycles. The van der Waals surface area contributed by atoms with Crippen LogP contribution in [0.2, 0.25) is 0 Å². The summed E-state index contributed by atoms with van der Waals surface area (Å²) in [5.41, 5.74) is 0.904. The molecule has 0 saturated carbocycles. The molecule has 1 aromatic rings. The molecular weight excluding hydrogens is 218 g/mol. The smallest absolute Gasteiger partial charge is 0.186 e. The van der Waals surface area contributed by atoms with Gasteiger partial charge in [0, 0.05) is 18.5 Å². The lowest BCUT2D eigenvalue weighted by molar-refractivity contribution is 0.571. The van der Waals surface area contributed by atoms with E-state index in [0.29, 0.717) is 0 Å². The Bertz CT molecular complexity index is 416. The van der Waals surface area contributed by atoms with Gasteiger partial charge in [0.1, 0.15) is 10.9 Å². The first kappa shape index (κ1) is 11.4.